The molecule has 0 heterocycles. The minimum absolute atomic E-state index is 0.0502. The second-order valence-electron chi connectivity index (χ2n) is 4.75. The third-order valence-corrected chi connectivity index (χ3v) is 4.50. The Morgan fingerprint density at radius 2 is 1.00 bits per heavy atom. The monoisotopic (exact) mass is 280 g/mol. The van der Waals surface area contributed by atoms with Crippen molar-refractivity contribution in [3.8, 4) is 0 Å². The van der Waals surface area contributed by atoms with Gasteiger partial charge in [-0.2, -0.15) is 0 Å². The maximum atomic E-state index is 2.36. The summed E-state index contributed by atoms with van der Waals surface area (Å²) in [6.07, 6.45) is 0. The molecule has 0 saturated carbocycles. The molecule has 0 fully saturated rings. The van der Waals surface area contributed by atoms with E-state index >= 15 is 0 Å². The average Bonchev–Trinajstić information content (AvgIpc) is 1.59. The molecule has 0 aliphatic carbocycles. The molecule has 0 aromatic rings. The van der Waals surface area contributed by atoms with Crippen LogP contribution in [0, 0.1) is 0 Å². The molecule has 0 rings (SSSR count). The summed E-state index contributed by atoms with van der Waals surface area (Å²) in [5.41, 5.74) is 0. The van der Waals surface area contributed by atoms with E-state index in [-0.39, 0.29) is 8.80 Å². The third kappa shape index (κ3) is 18.2. The van der Waals surface area contributed by atoms with Crippen molar-refractivity contribution in [3.05, 3.63) is 0 Å². The average molecular weight is 279 g/mol. The van der Waals surface area contributed by atoms with Crippen LogP contribution in [0.4, 0.5) is 0 Å². The van der Waals surface area contributed by atoms with Crippen LogP contribution < -0.4 is 0 Å². The van der Waals surface area contributed by atoms with E-state index < -0.39 is 19.8 Å². The van der Waals surface area contributed by atoms with E-state index in [4.69, 9.17) is 0 Å². The predicted octanol–water partition coefficient (Wildman–Crippen LogP) is 3.91. The van der Waals surface area contributed by atoms with E-state index in [0.29, 0.717) is 5.04 Å². The summed E-state index contributed by atoms with van der Waals surface area (Å²) in [5, 5.41) is 0.602. The van der Waals surface area contributed by atoms with Crippen molar-refractivity contribution in [3.63, 3.8) is 0 Å². The Bertz CT molecular complexity index is 79.3. The molecule has 0 aromatic heterocycles. The van der Waals surface area contributed by atoms with Gasteiger partial charge in [0.1, 0.15) is 0 Å². The molecule has 0 spiro atoms. The van der Waals surface area contributed by atoms with Gasteiger partial charge in [0.25, 0.3) is 0 Å². The van der Waals surface area contributed by atoms with Gasteiger partial charge in [0.05, 0.1) is 0 Å². The van der Waals surface area contributed by atoms with Crippen molar-refractivity contribution in [1.29, 1.82) is 0 Å². The molecule has 0 aliphatic rings. The molecular weight excluding hydrogens is 255 g/mol. The summed E-state index contributed by atoms with van der Waals surface area (Å²) in [6.45, 7) is 11.6. The van der Waals surface area contributed by atoms with Crippen LogP contribution in [0.1, 0.15) is 20.8 Å². The molecule has 0 bridgehead atoms. The second-order valence-corrected chi connectivity index (χ2v) is 16.8. The summed E-state index contributed by atoms with van der Waals surface area (Å²) < 4.78 is 0. The Labute approximate surface area is 82.1 Å². The molecular formula is C9H24SiSn. The Balaban J connectivity index is 0. The molecule has 0 aromatic carbocycles. The summed E-state index contributed by atoms with van der Waals surface area (Å²) in [7, 11) is -0.0502. The molecule has 0 saturated heterocycles. The number of hydrogen-bond acceptors (Lipinski definition) is 0. The van der Waals surface area contributed by atoms with Gasteiger partial charge in [-0.15, -0.1) is 0 Å². The fourth-order valence-corrected chi connectivity index (χ4v) is 0. The van der Waals surface area contributed by atoms with Crippen LogP contribution >= 0.6 is 0 Å². The van der Waals surface area contributed by atoms with Crippen LogP contribution in [0.3, 0.4) is 0 Å². The van der Waals surface area contributed by atoms with E-state index in [2.05, 4.69) is 48.7 Å². The van der Waals surface area contributed by atoms with Crippen LogP contribution in [0.25, 0.3) is 0 Å². The van der Waals surface area contributed by atoms with Crippen molar-refractivity contribution in [1.82, 2.24) is 0 Å². The van der Waals surface area contributed by atoms with Crippen LogP contribution in [0.2, 0.25) is 33.0 Å². The Morgan fingerprint density at radius 1 is 0.909 bits per heavy atom. The van der Waals surface area contributed by atoms with Gasteiger partial charge in [0, 0.05) is 8.80 Å². The van der Waals surface area contributed by atoms with Crippen LogP contribution in [0.15, 0.2) is 0 Å². The molecule has 0 atom stereocenters. The van der Waals surface area contributed by atoms with Gasteiger partial charge in [0.15, 0.2) is 0 Å². The summed E-state index contributed by atoms with van der Waals surface area (Å²) >= 11 is -0.543. The van der Waals surface area contributed by atoms with Gasteiger partial charge in [-0.05, 0) is 5.04 Å². The van der Waals surface area contributed by atoms with Gasteiger partial charge in [0.2, 0.25) is 0 Å². The van der Waals surface area contributed by atoms with Crippen molar-refractivity contribution in [2.24, 2.45) is 0 Å². The van der Waals surface area contributed by atoms with Crippen molar-refractivity contribution in [2.45, 2.75) is 53.7 Å². The van der Waals surface area contributed by atoms with Gasteiger partial charge in [-0.1, -0.05) is 33.9 Å². The van der Waals surface area contributed by atoms with E-state index in [1.807, 2.05) is 0 Å². The molecule has 11 heavy (non-hydrogen) atoms. The first kappa shape index (κ1) is 14.5. The van der Waals surface area contributed by atoms with Gasteiger partial charge in [-0.3, -0.25) is 0 Å². The first-order valence-electron chi connectivity index (χ1n) is 4.25. The molecule has 2 radical (unpaired) electrons. The molecule has 0 nitrogen and oxygen atoms in total. The predicted molar refractivity (Wildman–Crippen MR) is 60.5 cm³/mol. The Kier molecular flexibility index (Phi) is 8.62. The molecule has 0 amide bonds. The standard InChI is InChI=1S/C6H15Si.3CH3.Sn/c1-6(2,3)7(4)5;;;;/h1-5H3;3*1H3;. The zero-order valence-electron chi connectivity index (χ0n) is 9.50. The van der Waals surface area contributed by atoms with E-state index in [9.17, 15) is 0 Å². The SMILES string of the molecule is C[Si](C)C(C)(C)C.[CH3][Sn]([CH3])[CH3]. The fourth-order valence-electron chi connectivity index (χ4n) is 0. The van der Waals surface area contributed by atoms with Crippen LogP contribution in [-0.4, -0.2) is 28.6 Å². The normalized spacial score (nSPS) is 11.5. The van der Waals surface area contributed by atoms with E-state index in [1.165, 1.54) is 0 Å². The molecule has 2 heteroatoms. The van der Waals surface area contributed by atoms with Crippen LogP contribution in [0.5, 0.6) is 0 Å². The van der Waals surface area contributed by atoms with Gasteiger partial charge in [-0.25, -0.2) is 0 Å². The first-order chi connectivity index (χ1) is 4.68. The zero-order valence-corrected chi connectivity index (χ0v) is 13.4. The van der Waals surface area contributed by atoms with Crippen molar-refractivity contribution < 1.29 is 0 Å². The van der Waals surface area contributed by atoms with Crippen molar-refractivity contribution in [2.75, 3.05) is 0 Å². The van der Waals surface area contributed by atoms with Crippen LogP contribution in [-0.2, 0) is 0 Å². The van der Waals surface area contributed by atoms with E-state index in [0.717, 1.165) is 0 Å². The summed E-state index contributed by atoms with van der Waals surface area (Å²) in [5.74, 6) is 0. The quantitative estimate of drug-likeness (QED) is 0.590. The van der Waals surface area contributed by atoms with Gasteiger partial charge >= 0.3 is 34.6 Å². The van der Waals surface area contributed by atoms with Crippen molar-refractivity contribution >= 4 is 28.6 Å². The molecule has 0 unspecified atom stereocenters. The molecule has 68 valence electrons. The zero-order chi connectivity index (χ0) is 9.65. The Hall–Kier alpha value is 1.02. The Morgan fingerprint density at radius 3 is 1.00 bits per heavy atom. The second kappa shape index (κ2) is 6.52. The summed E-state index contributed by atoms with van der Waals surface area (Å²) in [6, 6.07) is 0. The molecule has 0 N–H and O–H groups in total. The van der Waals surface area contributed by atoms with E-state index in [1.54, 1.807) is 0 Å². The summed E-state index contributed by atoms with van der Waals surface area (Å²) in [4.78, 5) is 7.09. The maximum absolute atomic E-state index is 2.36. The fraction of sp³-hybridized carbons (Fsp3) is 1.00. The topological polar surface area (TPSA) is 0 Å². The number of rotatable bonds is 0. The number of hydrogen-bond donors (Lipinski definition) is 0. The minimum atomic E-state index is -0.543. The van der Waals surface area contributed by atoms with Gasteiger partial charge < -0.3 is 0 Å². The third-order valence-electron chi connectivity index (χ3n) is 1.50. The first-order valence-corrected chi connectivity index (χ1v) is 15.3. The molecule has 0 aliphatic heterocycles.